The molecule has 0 fully saturated rings. The number of fused-ring (bicyclic) bond motifs is 2. The maximum Gasteiger partial charge on any atom is 0.198 e. The number of benzene rings is 2. The van der Waals surface area contributed by atoms with Crippen LogP contribution in [-0.2, 0) is 0 Å². The van der Waals surface area contributed by atoms with Crippen LogP contribution in [0.4, 0.5) is 5.69 Å². The van der Waals surface area contributed by atoms with E-state index in [1.807, 2.05) is 0 Å². The Morgan fingerprint density at radius 2 is 1.42 bits per heavy atom. The van der Waals surface area contributed by atoms with Crippen molar-refractivity contribution in [1.29, 1.82) is 0 Å². The maximum absolute atomic E-state index is 12.3. The second-order valence-corrected chi connectivity index (χ2v) is 4.15. The van der Waals surface area contributed by atoms with Crippen LogP contribution < -0.4 is 0 Å². The van der Waals surface area contributed by atoms with E-state index in [1.54, 1.807) is 12.1 Å². The van der Waals surface area contributed by atoms with Crippen LogP contribution in [-0.4, -0.2) is 16.7 Å². The predicted octanol–water partition coefficient (Wildman–Crippen LogP) is 2.57. The summed E-state index contributed by atoms with van der Waals surface area (Å²) in [5, 5.41) is 12.5. The molecule has 0 saturated carbocycles. The van der Waals surface area contributed by atoms with Crippen molar-refractivity contribution in [1.82, 2.24) is 0 Å². The molecule has 5 heteroatoms. The highest BCUT2D eigenvalue weighted by atomic mass is 16.3. The van der Waals surface area contributed by atoms with E-state index < -0.39 is 11.6 Å². The maximum atomic E-state index is 12.3. The zero-order chi connectivity index (χ0) is 13.6. The molecule has 0 saturated heterocycles. The van der Waals surface area contributed by atoms with Crippen molar-refractivity contribution in [3.63, 3.8) is 0 Å². The standard InChI is InChI=1S/C14H7NO4/c16-10-6-5-9(15-19)11-12(10)14(18)8-4-2-1-3-7(8)13(11)17/h1-6,16H. The van der Waals surface area contributed by atoms with Crippen LogP contribution in [0.3, 0.4) is 0 Å². The third-order valence-corrected chi connectivity index (χ3v) is 3.13. The molecular weight excluding hydrogens is 246 g/mol. The molecule has 1 aliphatic carbocycles. The van der Waals surface area contributed by atoms with Gasteiger partial charge in [-0.3, -0.25) is 9.59 Å². The molecule has 0 aromatic heterocycles. The van der Waals surface area contributed by atoms with Crippen LogP contribution in [0.25, 0.3) is 0 Å². The number of hydrogen-bond acceptors (Lipinski definition) is 5. The Hall–Kier alpha value is -2.82. The average molecular weight is 253 g/mol. The highest BCUT2D eigenvalue weighted by molar-refractivity contribution is 6.30. The van der Waals surface area contributed by atoms with Gasteiger partial charge in [0.25, 0.3) is 0 Å². The average Bonchev–Trinajstić information content (AvgIpc) is 2.44. The van der Waals surface area contributed by atoms with Gasteiger partial charge in [-0.2, -0.15) is 0 Å². The quantitative estimate of drug-likeness (QED) is 0.675. The first-order valence-electron chi connectivity index (χ1n) is 5.53. The van der Waals surface area contributed by atoms with E-state index in [9.17, 15) is 19.6 Å². The van der Waals surface area contributed by atoms with Crippen LogP contribution in [0.15, 0.2) is 41.6 Å². The Morgan fingerprint density at radius 1 is 0.842 bits per heavy atom. The Labute approximate surface area is 107 Å². The monoisotopic (exact) mass is 253 g/mol. The minimum Gasteiger partial charge on any atom is -0.507 e. The molecule has 3 rings (SSSR count). The van der Waals surface area contributed by atoms with Crippen LogP contribution in [0.1, 0.15) is 31.8 Å². The lowest BCUT2D eigenvalue weighted by molar-refractivity contribution is 0.0977. The van der Waals surface area contributed by atoms with Gasteiger partial charge in [0.15, 0.2) is 11.6 Å². The molecule has 2 aromatic rings. The van der Waals surface area contributed by atoms with Gasteiger partial charge in [0.2, 0.25) is 0 Å². The lowest BCUT2D eigenvalue weighted by Crippen LogP contribution is -2.21. The Morgan fingerprint density at radius 3 is 2.00 bits per heavy atom. The number of nitrogens with zero attached hydrogens (tertiary/aromatic N) is 1. The minimum absolute atomic E-state index is 0.126. The van der Waals surface area contributed by atoms with E-state index in [4.69, 9.17) is 0 Å². The van der Waals surface area contributed by atoms with Gasteiger partial charge in [0.1, 0.15) is 11.4 Å². The molecule has 2 aromatic carbocycles. The highest BCUT2D eigenvalue weighted by Gasteiger charge is 2.34. The fourth-order valence-corrected chi connectivity index (χ4v) is 2.26. The van der Waals surface area contributed by atoms with Crippen molar-refractivity contribution in [2.24, 2.45) is 5.18 Å². The molecular formula is C14H7NO4. The van der Waals surface area contributed by atoms with E-state index in [0.717, 1.165) is 0 Å². The number of rotatable bonds is 1. The number of aromatic hydroxyl groups is 1. The molecule has 0 heterocycles. The number of phenols is 1. The summed E-state index contributed by atoms with van der Waals surface area (Å²) in [7, 11) is 0. The van der Waals surface area contributed by atoms with E-state index in [-0.39, 0.29) is 33.7 Å². The number of carbonyl (C=O) groups is 2. The lowest BCUT2D eigenvalue weighted by Gasteiger charge is -2.18. The molecule has 1 N–H and O–H groups in total. The summed E-state index contributed by atoms with van der Waals surface area (Å²) < 4.78 is 0. The van der Waals surface area contributed by atoms with Crippen molar-refractivity contribution in [2.45, 2.75) is 0 Å². The third kappa shape index (κ3) is 1.41. The van der Waals surface area contributed by atoms with Gasteiger partial charge in [-0.05, 0) is 17.3 Å². The fourth-order valence-electron chi connectivity index (χ4n) is 2.26. The lowest BCUT2D eigenvalue weighted by atomic mass is 9.83. The summed E-state index contributed by atoms with van der Waals surface area (Å²) in [5.74, 6) is -1.28. The van der Waals surface area contributed by atoms with Gasteiger partial charge < -0.3 is 5.11 Å². The normalized spacial score (nSPS) is 12.8. The largest absolute Gasteiger partial charge is 0.507 e. The summed E-state index contributed by atoms with van der Waals surface area (Å²) in [6.45, 7) is 0. The summed E-state index contributed by atoms with van der Waals surface area (Å²) >= 11 is 0. The summed E-state index contributed by atoms with van der Waals surface area (Å²) in [5.41, 5.74) is 0.0222. The van der Waals surface area contributed by atoms with Crippen molar-refractivity contribution in [2.75, 3.05) is 0 Å². The van der Waals surface area contributed by atoms with Crippen LogP contribution in [0.2, 0.25) is 0 Å². The first-order chi connectivity index (χ1) is 9.15. The van der Waals surface area contributed by atoms with Crippen LogP contribution in [0.5, 0.6) is 5.75 Å². The number of nitroso groups, excluding NO2 is 1. The summed E-state index contributed by atoms with van der Waals surface area (Å²) in [4.78, 5) is 35.4. The van der Waals surface area contributed by atoms with Gasteiger partial charge in [0, 0.05) is 11.1 Å². The van der Waals surface area contributed by atoms with Gasteiger partial charge >= 0.3 is 0 Å². The molecule has 0 aliphatic heterocycles. The molecule has 0 radical (unpaired) electrons. The molecule has 0 amide bonds. The van der Waals surface area contributed by atoms with E-state index in [0.29, 0.717) is 0 Å². The van der Waals surface area contributed by atoms with Crippen LogP contribution in [0, 0.1) is 4.91 Å². The third-order valence-electron chi connectivity index (χ3n) is 3.13. The Balaban J connectivity index is 2.42. The predicted molar refractivity (Wildman–Crippen MR) is 66.9 cm³/mol. The zero-order valence-electron chi connectivity index (χ0n) is 9.58. The Bertz CT molecular complexity index is 749. The van der Waals surface area contributed by atoms with Crippen molar-refractivity contribution in [3.05, 3.63) is 63.6 Å². The number of phenolic OH excluding ortho intramolecular Hbond substituents is 1. The molecule has 0 atom stereocenters. The SMILES string of the molecule is O=Nc1ccc(O)c2c1C(=O)c1ccccc1C2=O. The molecule has 0 unspecified atom stereocenters. The first-order valence-corrected chi connectivity index (χ1v) is 5.53. The number of carbonyl (C=O) groups excluding carboxylic acids is 2. The summed E-state index contributed by atoms with van der Waals surface area (Å²) in [6.07, 6.45) is 0. The van der Waals surface area contributed by atoms with Gasteiger partial charge in [-0.15, -0.1) is 4.91 Å². The molecule has 19 heavy (non-hydrogen) atoms. The molecule has 0 spiro atoms. The smallest absolute Gasteiger partial charge is 0.198 e. The van der Waals surface area contributed by atoms with Gasteiger partial charge in [-0.25, -0.2) is 0 Å². The summed E-state index contributed by atoms with van der Waals surface area (Å²) in [6, 6.07) is 8.70. The van der Waals surface area contributed by atoms with E-state index in [1.165, 1.54) is 24.3 Å². The molecule has 0 bridgehead atoms. The second kappa shape index (κ2) is 3.84. The highest BCUT2D eigenvalue weighted by Crippen LogP contribution is 2.37. The van der Waals surface area contributed by atoms with Crippen molar-refractivity contribution >= 4 is 17.3 Å². The topological polar surface area (TPSA) is 83.8 Å². The van der Waals surface area contributed by atoms with Crippen molar-refractivity contribution < 1.29 is 14.7 Å². The van der Waals surface area contributed by atoms with Gasteiger partial charge in [-0.1, -0.05) is 24.3 Å². The van der Waals surface area contributed by atoms with E-state index in [2.05, 4.69) is 5.18 Å². The molecule has 5 nitrogen and oxygen atoms in total. The van der Waals surface area contributed by atoms with Crippen molar-refractivity contribution in [3.8, 4) is 5.75 Å². The molecule has 92 valence electrons. The van der Waals surface area contributed by atoms with Crippen LogP contribution >= 0.6 is 0 Å². The van der Waals surface area contributed by atoms with E-state index >= 15 is 0 Å². The minimum atomic E-state index is -0.479. The number of ketones is 2. The fraction of sp³-hybridized carbons (Fsp3) is 0. The first kappa shape index (κ1) is 11.3. The zero-order valence-corrected chi connectivity index (χ0v) is 9.58. The second-order valence-electron chi connectivity index (χ2n) is 4.15. The molecule has 1 aliphatic rings. The van der Waals surface area contributed by atoms with Gasteiger partial charge in [0.05, 0.1) is 11.1 Å². The number of hydrogen-bond donors (Lipinski definition) is 1. The Kier molecular flexibility index (Phi) is 2.28.